The molecule has 0 unspecified atom stereocenters. The Hall–Kier alpha value is -2.02. The predicted octanol–water partition coefficient (Wildman–Crippen LogP) is 1.82. The first kappa shape index (κ1) is 16.0. The van der Waals surface area contributed by atoms with Gasteiger partial charge in [-0.2, -0.15) is 0 Å². The van der Waals surface area contributed by atoms with E-state index in [1.54, 1.807) is 0 Å². The van der Waals surface area contributed by atoms with Gasteiger partial charge in [0, 0.05) is 24.7 Å². The zero-order valence-corrected chi connectivity index (χ0v) is 11.3. The Morgan fingerprint density at radius 2 is 2.15 bits per heavy atom. The standard InChI is InChI=1S/C13H18FN3O3/c1-16(5-2-4-14)6-3-10-7-12(15)13(17(19)20)8-11(10)9-18/h7-9H,2-6,15H2,1H3. The number of nitro groups is 1. The lowest BCUT2D eigenvalue weighted by Crippen LogP contribution is -2.23. The summed E-state index contributed by atoms with van der Waals surface area (Å²) in [4.78, 5) is 23.1. The molecule has 0 atom stereocenters. The summed E-state index contributed by atoms with van der Waals surface area (Å²) < 4.78 is 12.1. The number of alkyl halides is 1. The first-order chi connectivity index (χ1) is 9.49. The van der Waals surface area contributed by atoms with E-state index in [9.17, 15) is 19.3 Å². The molecule has 0 fully saturated rings. The molecule has 0 saturated carbocycles. The molecule has 0 aliphatic heterocycles. The molecule has 0 spiro atoms. The molecule has 7 heteroatoms. The zero-order valence-electron chi connectivity index (χ0n) is 11.3. The van der Waals surface area contributed by atoms with Gasteiger partial charge in [-0.15, -0.1) is 0 Å². The highest BCUT2D eigenvalue weighted by molar-refractivity contribution is 5.81. The number of hydrogen-bond donors (Lipinski definition) is 1. The molecule has 6 nitrogen and oxygen atoms in total. The molecule has 0 aliphatic rings. The molecule has 20 heavy (non-hydrogen) atoms. The molecule has 1 rings (SSSR count). The number of likely N-dealkylation sites (N-methyl/N-ethyl adjacent to an activating group) is 1. The van der Waals surface area contributed by atoms with Gasteiger partial charge < -0.3 is 10.6 Å². The number of carbonyl (C=O) groups is 1. The summed E-state index contributed by atoms with van der Waals surface area (Å²) in [7, 11) is 1.85. The van der Waals surface area contributed by atoms with Crippen molar-refractivity contribution >= 4 is 17.7 Å². The van der Waals surface area contributed by atoms with Crippen molar-refractivity contribution in [1.29, 1.82) is 0 Å². The SMILES string of the molecule is CN(CCCF)CCc1cc(N)c([N+](=O)[O-])cc1C=O. The van der Waals surface area contributed by atoms with E-state index in [1.807, 2.05) is 11.9 Å². The minimum absolute atomic E-state index is 0.0435. The maximum atomic E-state index is 12.1. The zero-order chi connectivity index (χ0) is 15.1. The summed E-state index contributed by atoms with van der Waals surface area (Å²) in [5.74, 6) is 0. The van der Waals surface area contributed by atoms with Gasteiger partial charge in [-0.05, 0) is 31.5 Å². The topological polar surface area (TPSA) is 89.5 Å². The Kier molecular flexibility index (Phi) is 6.05. The average molecular weight is 283 g/mol. The fourth-order valence-electron chi connectivity index (χ4n) is 1.91. The Labute approximate surface area is 116 Å². The summed E-state index contributed by atoms with van der Waals surface area (Å²) in [5, 5.41) is 10.8. The maximum Gasteiger partial charge on any atom is 0.292 e. The molecule has 0 radical (unpaired) electrons. The van der Waals surface area contributed by atoms with Gasteiger partial charge in [-0.1, -0.05) is 0 Å². The van der Waals surface area contributed by atoms with E-state index in [2.05, 4.69) is 0 Å². The van der Waals surface area contributed by atoms with Gasteiger partial charge in [0.25, 0.3) is 5.69 Å². The average Bonchev–Trinajstić information content (AvgIpc) is 2.42. The van der Waals surface area contributed by atoms with Gasteiger partial charge in [0.1, 0.15) is 5.69 Å². The van der Waals surface area contributed by atoms with Crippen LogP contribution in [0.1, 0.15) is 22.3 Å². The Morgan fingerprint density at radius 1 is 1.45 bits per heavy atom. The molecule has 0 bridgehead atoms. The second-order valence-corrected chi connectivity index (χ2v) is 4.58. The highest BCUT2D eigenvalue weighted by atomic mass is 19.1. The molecule has 0 saturated heterocycles. The van der Waals surface area contributed by atoms with Crippen LogP contribution >= 0.6 is 0 Å². The monoisotopic (exact) mass is 283 g/mol. The number of halogens is 1. The van der Waals surface area contributed by atoms with Crippen LogP contribution in [0.25, 0.3) is 0 Å². The maximum absolute atomic E-state index is 12.1. The van der Waals surface area contributed by atoms with E-state index >= 15 is 0 Å². The number of aldehydes is 1. The third-order valence-corrected chi connectivity index (χ3v) is 3.05. The van der Waals surface area contributed by atoms with Crippen LogP contribution < -0.4 is 5.73 Å². The predicted molar refractivity (Wildman–Crippen MR) is 74.7 cm³/mol. The minimum Gasteiger partial charge on any atom is -0.393 e. The Morgan fingerprint density at radius 3 is 2.70 bits per heavy atom. The number of nitrogens with two attached hydrogens (primary N) is 1. The van der Waals surface area contributed by atoms with Crippen molar-refractivity contribution in [1.82, 2.24) is 4.90 Å². The van der Waals surface area contributed by atoms with E-state index in [0.29, 0.717) is 37.8 Å². The number of nitrogen functional groups attached to an aromatic ring is 1. The molecule has 0 aliphatic carbocycles. The molecule has 2 N–H and O–H groups in total. The summed E-state index contributed by atoms with van der Waals surface area (Å²) in [6.07, 6.45) is 1.57. The van der Waals surface area contributed by atoms with Gasteiger partial charge in [-0.3, -0.25) is 19.3 Å². The molecule has 1 aromatic rings. The highest BCUT2D eigenvalue weighted by Gasteiger charge is 2.16. The van der Waals surface area contributed by atoms with Crippen molar-refractivity contribution in [2.75, 3.05) is 32.5 Å². The largest absolute Gasteiger partial charge is 0.393 e. The fraction of sp³-hybridized carbons (Fsp3) is 0.462. The lowest BCUT2D eigenvalue weighted by Gasteiger charge is -2.16. The smallest absolute Gasteiger partial charge is 0.292 e. The number of hydrogen-bond acceptors (Lipinski definition) is 5. The summed E-state index contributed by atoms with van der Waals surface area (Å²) >= 11 is 0. The van der Waals surface area contributed by atoms with E-state index in [-0.39, 0.29) is 23.6 Å². The summed E-state index contributed by atoms with van der Waals surface area (Å²) in [6, 6.07) is 2.66. The van der Waals surface area contributed by atoms with E-state index < -0.39 is 4.92 Å². The number of rotatable bonds is 8. The van der Waals surface area contributed by atoms with Crippen molar-refractivity contribution < 1.29 is 14.1 Å². The molecular weight excluding hydrogens is 265 g/mol. The summed E-state index contributed by atoms with van der Waals surface area (Å²) in [5.41, 5.74) is 6.32. The highest BCUT2D eigenvalue weighted by Crippen LogP contribution is 2.25. The number of nitrogens with zero attached hydrogens (tertiary/aromatic N) is 2. The Balaban J connectivity index is 2.82. The molecule has 1 aromatic carbocycles. The van der Waals surface area contributed by atoms with Crippen LogP contribution in [-0.2, 0) is 6.42 Å². The first-order valence-electron chi connectivity index (χ1n) is 6.26. The van der Waals surface area contributed by atoms with Gasteiger partial charge >= 0.3 is 0 Å². The van der Waals surface area contributed by atoms with Crippen LogP contribution in [0.5, 0.6) is 0 Å². The first-order valence-corrected chi connectivity index (χ1v) is 6.26. The van der Waals surface area contributed by atoms with E-state index in [4.69, 9.17) is 5.73 Å². The molecular formula is C13H18FN3O3. The van der Waals surface area contributed by atoms with Crippen LogP contribution in [-0.4, -0.2) is 42.9 Å². The lowest BCUT2D eigenvalue weighted by molar-refractivity contribution is -0.383. The fourth-order valence-corrected chi connectivity index (χ4v) is 1.91. The third kappa shape index (κ3) is 4.27. The van der Waals surface area contributed by atoms with Gasteiger partial charge in [0.15, 0.2) is 6.29 Å². The molecule has 0 heterocycles. The van der Waals surface area contributed by atoms with Gasteiger partial charge in [0.05, 0.1) is 11.6 Å². The van der Waals surface area contributed by atoms with Crippen LogP contribution in [0.15, 0.2) is 12.1 Å². The third-order valence-electron chi connectivity index (χ3n) is 3.05. The number of benzene rings is 1. The number of carbonyl (C=O) groups excluding carboxylic acids is 1. The van der Waals surface area contributed by atoms with Crippen molar-refractivity contribution in [3.8, 4) is 0 Å². The van der Waals surface area contributed by atoms with E-state index in [0.717, 1.165) is 0 Å². The number of nitro benzene ring substituents is 1. The molecule has 110 valence electrons. The second-order valence-electron chi connectivity index (χ2n) is 4.58. The summed E-state index contributed by atoms with van der Waals surface area (Å²) in [6.45, 7) is 0.877. The normalized spacial score (nSPS) is 10.8. The molecule has 0 amide bonds. The van der Waals surface area contributed by atoms with Crippen LogP contribution in [0.3, 0.4) is 0 Å². The van der Waals surface area contributed by atoms with Gasteiger partial charge in [-0.25, -0.2) is 0 Å². The quantitative estimate of drug-likeness (QED) is 0.340. The van der Waals surface area contributed by atoms with Crippen molar-refractivity contribution in [3.05, 3.63) is 33.4 Å². The van der Waals surface area contributed by atoms with Crippen LogP contribution in [0, 0.1) is 10.1 Å². The van der Waals surface area contributed by atoms with Crippen molar-refractivity contribution in [3.63, 3.8) is 0 Å². The number of anilines is 1. The van der Waals surface area contributed by atoms with Crippen molar-refractivity contribution in [2.45, 2.75) is 12.8 Å². The van der Waals surface area contributed by atoms with Crippen LogP contribution in [0.4, 0.5) is 15.8 Å². The van der Waals surface area contributed by atoms with E-state index in [1.165, 1.54) is 12.1 Å². The second kappa shape index (κ2) is 7.54. The molecule has 0 aromatic heterocycles. The van der Waals surface area contributed by atoms with Gasteiger partial charge in [0.2, 0.25) is 0 Å². The van der Waals surface area contributed by atoms with Crippen molar-refractivity contribution in [2.24, 2.45) is 0 Å². The lowest BCUT2D eigenvalue weighted by atomic mass is 10.0. The van der Waals surface area contributed by atoms with Crippen LogP contribution in [0.2, 0.25) is 0 Å². The minimum atomic E-state index is -0.612. The Bertz CT molecular complexity index is 494.